The number of thiazole rings is 1. The van der Waals surface area contributed by atoms with Crippen molar-refractivity contribution in [3.8, 4) is 0 Å². The number of aliphatic hydroxyl groups is 1. The SMILES string of the molecule is CC(O)CCCNCc1nc2ccccc2s1. The number of benzene rings is 1. The third kappa shape index (κ3) is 3.77. The van der Waals surface area contributed by atoms with Crippen molar-refractivity contribution in [1.82, 2.24) is 10.3 Å². The minimum absolute atomic E-state index is 0.195. The first-order valence-electron chi connectivity index (χ1n) is 5.99. The number of hydrogen-bond donors (Lipinski definition) is 2. The summed E-state index contributed by atoms with van der Waals surface area (Å²) in [5.74, 6) is 0. The van der Waals surface area contributed by atoms with Gasteiger partial charge in [0.2, 0.25) is 0 Å². The molecule has 92 valence electrons. The molecule has 4 heteroatoms. The van der Waals surface area contributed by atoms with Gasteiger partial charge in [-0.2, -0.15) is 0 Å². The van der Waals surface area contributed by atoms with E-state index < -0.39 is 0 Å². The van der Waals surface area contributed by atoms with Crippen LogP contribution in [0.2, 0.25) is 0 Å². The summed E-state index contributed by atoms with van der Waals surface area (Å²) in [5, 5.41) is 13.6. The van der Waals surface area contributed by atoms with E-state index in [1.165, 1.54) is 4.70 Å². The molecule has 1 aromatic carbocycles. The van der Waals surface area contributed by atoms with Gasteiger partial charge >= 0.3 is 0 Å². The van der Waals surface area contributed by atoms with Crippen LogP contribution in [-0.2, 0) is 6.54 Å². The van der Waals surface area contributed by atoms with E-state index in [1.54, 1.807) is 11.3 Å². The maximum Gasteiger partial charge on any atom is 0.108 e. The summed E-state index contributed by atoms with van der Waals surface area (Å²) in [6.45, 7) is 3.58. The van der Waals surface area contributed by atoms with Crippen LogP contribution in [0.5, 0.6) is 0 Å². The molecule has 1 heterocycles. The third-order valence-corrected chi connectivity index (χ3v) is 3.63. The number of aliphatic hydroxyl groups excluding tert-OH is 1. The molecule has 1 atom stereocenters. The van der Waals surface area contributed by atoms with Crippen molar-refractivity contribution in [2.24, 2.45) is 0 Å². The van der Waals surface area contributed by atoms with E-state index in [1.807, 2.05) is 25.1 Å². The highest BCUT2D eigenvalue weighted by Gasteiger charge is 2.02. The number of nitrogens with one attached hydrogen (secondary N) is 1. The Balaban J connectivity index is 1.79. The lowest BCUT2D eigenvalue weighted by atomic mass is 10.2. The van der Waals surface area contributed by atoms with Crippen LogP contribution in [-0.4, -0.2) is 22.7 Å². The van der Waals surface area contributed by atoms with Crippen LogP contribution in [0, 0.1) is 0 Å². The zero-order chi connectivity index (χ0) is 12.1. The van der Waals surface area contributed by atoms with E-state index in [0.29, 0.717) is 0 Å². The van der Waals surface area contributed by atoms with Crippen LogP contribution in [0.15, 0.2) is 24.3 Å². The summed E-state index contributed by atoms with van der Waals surface area (Å²) in [6.07, 6.45) is 1.66. The predicted molar refractivity (Wildman–Crippen MR) is 72.2 cm³/mol. The molecule has 0 aliphatic rings. The molecule has 2 N–H and O–H groups in total. The van der Waals surface area contributed by atoms with Gasteiger partial charge in [-0.05, 0) is 38.4 Å². The van der Waals surface area contributed by atoms with Gasteiger partial charge < -0.3 is 10.4 Å². The first-order valence-corrected chi connectivity index (χ1v) is 6.80. The minimum atomic E-state index is -0.195. The first-order chi connectivity index (χ1) is 8.25. The van der Waals surface area contributed by atoms with E-state index >= 15 is 0 Å². The molecule has 0 fully saturated rings. The smallest absolute Gasteiger partial charge is 0.108 e. The van der Waals surface area contributed by atoms with Gasteiger partial charge in [-0.1, -0.05) is 12.1 Å². The average Bonchev–Trinajstić information content (AvgIpc) is 2.70. The highest BCUT2D eigenvalue weighted by Crippen LogP contribution is 2.21. The fourth-order valence-electron chi connectivity index (χ4n) is 1.71. The number of fused-ring (bicyclic) bond motifs is 1. The average molecular weight is 250 g/mol. The highest BCUT2D eigenvalue weighted by molar-refractivity contribution is 7.18. The van der Waals surface area contributed by atoms with Gasteiger partial charge in [0.1, 0.15) is 5.01 Å². The Kier molecular flexibility index (Phi) is 4.48. The third-order valence-electron chi connectivity index (χ3n) is 2.59. The molecule has 3 nitrogen and oxygen atoms in total. The van der Waals surface area contributed by atoms with Crippen molar-refractivity contribution < 1.29 is 5.11 Å². The minimum Gasteiger partial charge on any atom is -0.393 e. The van der Waals surface area contributed by atoms with Gasteiger partial charge in [-0.15, -0.1) is 11.3 Å². The maximum atomic E-state index is 9.13. The maximum absolute atomic E-state index is 9.13. The molecule has 0 aliphatic carbocycles. The molecule has 0 saturated carbocycles. The van der Waals surface area contributed by atoms with Crippen molar-refractivity contribution in [3.05, 3.63) is 29.3 Å². The summed E-state index contributed by atoms with van der Waals surface area (Å²) in [7, 11) is 0. The van der Waals surface area contributed by atoms with E-state index in [9.17, 15) is 0 Å². The Hall–Kier alpha value is -0.970. The summed E-state index contributed by atoms with van der Waals surface area (Å²) < 4.78 is 1.24. The zero-order valence-electron chi connectivity index (χ0n) is 10.0. The molecular formula is C13H18N2OS. The number of para-hydroxylation sites is 1. The lowest BCUT2D eigenvalue weighted by Gasteiger charge is -2.04. The molecule has 2 rings (SSSR count). The van der Waals surface area contributed by atoms with Gasteiger partial charge in [0.25, 0.3) is 0 Å². The predicted octanol–water partition coefficient (Wildman–Crippen LogP) is 2.55. The Morgan fingerprint density at radius 1 is 1.41 bits per heavy atom. The Labute approximate surface area is 106 Å². The van der Waals surface area contributed by atoms with Crippen molar-refractivity contribution in [3.63, 3.8) is 0 Å². The molecule has 0 spiro atoms. The molecule has 1 unspecified atom stereocenters. The lowest BCUT2D eigenvalue weighted by molar-refractivity contribution is 0.181. The second kappa shape index (κ2) is 6.10. The van der Waals surface area contributed by atoms with Crippen LogP contribution in [0.1, 0.15) is 24.8 Å². The first kappa shape index (κ1) is 12.5. The molecule has 0 bridgehead atoms. The molecule has 17 heavy (non-hydrogen) atoms. The van der Waals surface area contributed by atoms with Gasteiger partial charge in [0.15, 0.2) is 0 Å². The summed E-state index contributed by atoms with van der Waals surface area (Å²) in [6, 6.07) is 8.20. The van der Waals surface area contributed by atoms with Gasteiger partial charge in [-0.3, -0.25) is 0 Å². The van der Waals surface area contributed by atoms with Crippen LogP contribution in [0.25, 0.3) is 10.2 Å². The van der Waals surface area contributed by atoms with E-state index in [4.69, 9.17) is 5.11 Å². The van der Waals surface area contributed by atoms with Crippen molar-refractivity contribution in [2.75, 3.05) is 6.54 Å². The van der Waals surface area contributed by atoms with E-state index in [-0.39, 0.29) is 6.10 Å². The summed E-state index contributed by atoms with van der Waals surface area (Å²) >= 11 is 1.74. The quantitative estimate of drug-likeness (QED) is 0.774. The number of nitrogens with zero attached hydrogens (tertiary/aromatic N) is 1. The monoisotopic (exact) mass is 250 g/mol. The molecule has 0 radical (unpaired) electrons. The normalized spacial score (nSPS) is 13.1. The van der Waals surface area contributed by atoms with Crippen LogP contribution < -0.4 is 5.32 Å². The number of aromatic nitrogens is 1. The lowest BCUT2D eigenvalue weighted by Crippen LogP contribution is -2.16. The Morgan fingerprint density at radius 2 is 2.24 bits per heavy atom. The zero-order valence-corrected chi connectivity index (χ0v) is 10.8. The second-order valence-corrected chi connectivity index (χ2v) is 5.36. The van der Waals surface area contributed by atoms with Gasteiger partial charge in [0.05, 0.1) is 16.3 Å². The van der Waals surface area contributed by atoms with Crippen molar-refractivity contribution >= 4 is 21.6 Å². The second-order valence-electron chi connectivity index (χ2n) is 4.24. The van der Waals surface area contributed by atoms with Crippen LogP contribution in [0.3, 0.4) is 0 Å². The van der Waals surface area contributed by atoms with E-state index in [2.05, 4.69) is 16.4 Å². The standard InChI is InChI=1S/C13H18N2OS/c1-10(16)5-4-8-14-9-13-15-11-6-2-3-7-12(11)17-13/h2-3,6-7,10,14,16H,4-5,8-9H2,1H3. The largest absolute Gasteiger partial charge is 0.393 e. The van der Waals surface area contributed by atoms with E-state index in [0.717, 1.165) is 36.5 Å². The fraction of sp³-hybridized carbons (Fsp3) is 0.462. The van der Waals surface area contributed by atoms with Crippen molar-refractivity contribution in [2.45, 2.75) is 32.4 Å². The fourth-order valence-corrected chi connectivity index (χ4v) is 2.65. The summed E-state index contributed by atoms with van der Waals surface area (Å²) in [4.78, 5) is 4.55. The highest BCUT2D eigenvalue weighted by atomic mass is 32.1. The van der Waals surface area contributed by atoms with Crippen LogP contribution >= 0.6 is 11.3 Å². The Morgan fingerprint density at radius 3 is 3.00 bits per heavy atom. The molecule has 0 amide bonds. The molecule has 0 aliphatic heterocycles. The molecule has 0 saturated heterocycles. The molecule has 2 aromatic rings. The number of hydrogen-bond acceptors (Lipinski definition) is 4. The van der Waals surface area contributed by atoms with Crippen molar-refractivity contribution in [1.29, 1.82) is 0 Å². The summed E-state index contributed by atoms with van der Waals surface area (Å²) in [5.41, 5.74) is 1.08. The van der Waals surface area contributed by atoms with Gasteiger partial charge in [0, 0.05) is 6.54 Å². The topological polar surface area (TPSA) is 45.1 Å². The van der Waals surface area contributed by atoms with Gasteiger partial charge in [-0.25, -0.2) is 4.98 Å². The molecular weight excluding hydrogens is 232 g/mol. The molecule has 1 aromatic heterocycles. The van der Waals surface area contributed by atoms with Crippen LogP contribution in [0.4, 0.5) is 0 Å². The Bertz CT molecular complexity index is 434. The number of rotatable bonds is 6.